The molecule has 2 rings (SSSR count). The molecule has 1 amide bonds. The van der Waals surface area contributed by atoms with Gasteiger partial charge in [-0.05, 0) is 18.6 Å². The van der Waals surface area contributed by atoms with Gasteiger partial charge < -0.3 is 9.64 Å². The summed E-state index contributed by atoms with van der Waals surface area (Å²) in [7, 11) is 3.51. The topological polar surface area (TPSA) is 29.5 Å². The molecule has 3 nitrogen and oxygen atoms in total. The quantitative estimate of drug-likeness (QED) is 0.750. The van der Waals surface area contributed by atoms with Gasteiger partial charge in [-0.1, -0.05) is 17.7 Å². The number of halogens is 1. The minimum absolute atomic E-state index is 0.0885. The van der Waals surface area contributed by atoms with Crippen molar-refractivity contribution in [3.05, 3.63) is 28.8 Å². The lowest BCUT2D eigenvalue weighted by Gasteiger charge is -2.27. The monoisotopic (exact) mass is 239 g/mol. The van der Waals surface area contributed by atoms with E-state index in [-0.39, 0.29) is 11.8 Å². The van der Waals surface area contributed by atoms with Gasteiger partial charge in [0.1, 0.15) is 12.4 Å². The van der Waals surface area contributed by atoms with E-state index in [1.165, 1.54) is 0 Å². The summed E-state index contributed by atoms with van der Waals surface area (Å²) < 4.78 is 5.56. The summed E-state index contributed by atoms with van der Waals surface area (Å²) in [6.07, 6.45) is 0.659. The molecule has 1 heterocycles. The molecule has 0 aromatic heterocycles. The minimum atomic E-state index is -0.123. The second kappa shape index (κ2) is 4.34. The Bertz CT molecular complexity index is 417. The van der Waals surface area contributed by atoms with E-state index in [0.717, 1.165) is 11.3 Å². The molecule has 1 aliphatic heterocycles. The van der Waals surface area contributed by atoms with Gasteiger partial charge in [0.15, 0.2) is 0 Å². The standard InChI is InChI=1S/C12H14ClNO2/c1-14(2)12(15)8-6-9-10(13)4-3-5-11(9)16-7-8/h3-5,8H,6-7H2,1-2H3/t8-/m1/s1. The van der Waals surface area contributed by atoms with Gasteiger partial charge in [-0.2, -0.15) is 0 Å². The van der Waals surface area contributed by atoms with Crippen LogP contribution in [0.1, 0.15) is 5.56 Å². The summed E-state index contributed by atoms with van der Waals surface area (Å²) in [6.45, 7) is 0.435. The molecule has 0 aliphatic carbocycles. The molecule has 1 aromatic carbocycles. The largest absolute Gasteiger partial charge is 0.492 e. The predicted molar refractivity (Wildman–Crippen MR) is 62.8 cm³/mol. The molecule has 86 valence electrons. The molecule has 0 unspecified atom stereocenters. The van der Waals surface area contributed by atoms with Gasteiger partial charge in [-0.25, -0.2) is 0 Å². The Balaban J connectivity index is 2.23. The molecule has 0 fully saturated rings. The molecule has 1 atom stereocenters. The fourth-order valence-corrected chi connectivity index (χ4v) is 2.13. The Labute approximate surface area is 100.0 Å². The molecule has 0 spiro atoms. The highest BCUT2D eigenvalue weighted by molar-refractivity contribution is 6.31. The predicted octanol–water partition coefficient (Wildman–Crippen LogP) is 1.98. The summed E-state index contributed by atoms with van der Waals surface area (Å²) in [5.74, 6) is 0.767. The van der Waals surface area contributed by atoms with Crippen LogP contribution in [-0.2, 0) is 11.2 Å². The average molecular weight is 240 g/mol. The minimum Gasteiger partial charge on any atom is -0.492 e. The van der Waals surface area contributed by atoms with Crippen LogP contribution in [0, 0.1) is 5.92 Å². The van der Waals surface area contributed by atoms with Crippen molar-refractivity contribution in [3.8, 4) is 5.75 Å². The van der Waals surface area contributed by atoms with Gasteiger partial charge >= 0.3 is 0 Å². The third-order valence-electron chi connectivity index (χ3n) is 2.76. The number of carbonyl (C=O) groups is 1. The average Bonchev–Trinajstić information content (AvgIpc) is 2.28. The van der Waals surface area contributed by atoms with E-state index in [4.69, 9.17) is 16.3 Å². The van der Waals surface area contributed by atoms with E-state index < -0.39 is 0 Å². The van der Waals surface area contributed by atoms with Crippen LogP contribution in [-0.4, -0.2) is 31.5 Å². The number of nitrogens with zero attached hydrogens (tertiary/aromatic N) is 1. The molecule has 1 aromatic rings. The summed E-state index contributed by atoms with van der Waals surface area (Å²) >= 11 is 6.09. The number of carbonyl (C=O) groups excluding carboxylic acids is 1. The van der Waals surface area contributed by atoms with Crippen molar-refractivity contribution in [3.63, 3.8) is 0 Å². The normalized spacial score (nSPS) is 18.6. The number of amides is 1. The van der Waals surface area contributed by atoms with Crippen molar-refractivity contribution in [1.82, 2.24) is 4.90 Å². The maximum Gasteiger partial charge on any atom is 0.228 e. The number of fused-ring (bicyclic) bond motifs is 1. The summed E-state index contributed by atoms with van der Waals surface area (Å²) in [5.41, 5.74) is 0.940. The summed E-state index contributed by atoms with van der Waals surface area (Å²) in [6, 6.07) is 5.57. The SMILES string of the molecule is CN(C)C(=O)[C@H]1COc2cccc(Cl)c2C1. The molecular weight excluding hydrogens is 226 g/mol. The molecule has 0 saturated heterocycles. The van der Waals surface area contributed by atoms with Gasteiger partial charge in [0, 0.05) is 24.7 Å². The Morgan fingerprint density at radius 1 is 1.50 bits per heavy atom. The Hall–Kier alpha value is -1.22. The second-order valence-corrected chi connectivity index (χ2v) is 4.57. The molecular formula is C12H14ClNO2. The first-order chi connectivity index (χ1) is 7.59. The van der Waals surface area contributed by atoms with Crippen molar-refractivity contribution < 1.29 is 9.53 Å². The van der Waals surface area contributed by atoms with E-state index in [2.05, 4.69) is 0 Å². The van der Waals surface area contributed by atoms with Gasteiger partial charge in [0.25, 0.3) is 0 Å². The van der Waals surface area contributed by atoms with Gasteiger partial charge in [0.05, 0.1) is 5.92 Å². The summed E-state index contributed by atoms with van der Waals surface area (Å²) in [4.78, 5) is 13.4. The zero-order valence-electron chi connectivity index (χ0n) is 9.37. The van der Waals surface area contributed by atoms with Crippen molar-refractivity contribution >= 4 is 17.5 Å². The van der Waals surface area contributed by atoms with E-state index >= 15 is 0 Å². The highest BCUT2D eigenvalue weighted by Gasteiger charge is 2.28. The molecule has 1 aliphatic rings. The zero-order chi connectivity index (χ0) is 11.7. The lowest BCUT2D eigenvalue weighted by Crippen LogP contribution is -2.36. The summed E-state index contributed by atoms with van der Waals surface area (Å²) in [5, 5.41) is 0.675. The zero-order valence-corrected chi connectivity index (χ0v) is 10.1. The third kappa shape index (κ3) is 2.00. The van der Waals surface area contributed by atoms with Crippen LogP contribution in [0.4, 0.5) is 0 Å². The molecule has 0 bridgehead atoms. The van der Waals surface area contributed by atoms with Crippen molar-refractivity contribution in [2.75, 3.05) is 20.7 Å². The number of hydrogen-bond acceptors (Lipinski definition) is 2. The maximum atomic E-state index is 11.8. The highest BCUT2D eigenvalue weighted by Crippen LogP contribution is 2.33. The molecule has 0 radical (unpaired) electrons. The van der Waals surface area contributed by atoms with Crippen LogP contribution in [0.5, 0.6) is 5.75 Å². The first kappa shape index (κ1) is 11.3. The van der Waals surface area contributed by atoms with Crippen LogP contribution < -0.4 is 4.74 Å². The highest BCUT2D eigenvalue weighted by atomic mass is 35.5. The Kier molecular flexibility index (Phi) is 3.06. The van der Waals surface area contributed by atoms with Gasteiger partial charge in [-0.3, -0.25) is 4.79 Å². The van der Waals surface area contributed by atoms with Gasteiger partial charge in [0.2, 0.25) is 5.91 Å². The van der Waals surface area contributed by atoms with Crippen LogP contribution in [0.25, 0.3) is 0 Å². The molecule has 0 N–H and O–H groups in total. The number of hydrogen-bond donors (Lipinski definition) is 0. The number of benzene rings is 1. The lowest BCUT2D eigenvalue weighted by atomic mass is 9.95. The van der Waals surface area contributed by atoms with Crippen LogP contribution in [0.3, 0.4) is 0 Å². The Morgan fingerprint density at radius 2 is 2.25 bits per heavy atom. The van der Waals surface area contributed by atoms with Crippen molar-refractivity contribution in [2.45, 2.75) is 6.42 Å². The fraction of sp³-hybridized carbons (Fsp3) is 0.417. The molecule has 16 heavy (non-hydrogen) atoms. The molecule has 4 heteroatoms. The van der Waals surface area contributed by atoms with E-state index in [1.807, 2.05) is 18.2 Å². The third-order valence-corrected chi connectivity index (χ3v) is 3.11. The lowest BCUT2D eigenvalue weighted by molar-refractivity contribution is -0.134. The number of rotatable bonds is 1. The fourth-order valence-electron chi connectivity index (χ4n) is 1.89. The van der Waals surface area contributed by atoms with Crippen molar-refractivity contribution in [1.29, 1.82) is 0 Å². The first-order valence-electron chi connectivity index (χ1n) is 5.21. The first-order valence-corrected chi connectivity index (χ1v) is 5.58. The van der Waals surface area contributed by atoms with Crippen LogP contribution in [0.2, 0.25) is 5.02 Å². The second-order valence-electron chi connectivity index (χ2n) is 4.16. The molecule has 0 saturated carbocycles. The van der Waals surface area contributed by atoms with Crippen molar-refractivity contribution in [2.24, 2.45) is 5.92 Å². The van der Waals surface area contributed by atoms with E-state index in [9.17, 15) is 4.79 Å². The van der Waals surface area contributed by atoms with Crippen LogP contribution >= 0.6 is 11.6 Å². The Morgan fingerprint density at radius 3 is 2.94 bits per heavy atom. The smallest absolute Gasteiger partial charge is 0.228 e. The van der Waals surface area contributed by atoms with Gasteiger partial charge in [-0.15, -0.1) is 0 Å². The van der Waals surface area contributed by atoms with E-state index in [0.29, 0.717) is 18.1 Å². The van der Waals surface area contributed by atoms with Crippen LogP contribution in [0.15, 0.2) is 18.2 Å². The van der Waals surface area contributed by atoms with E-state index in [1.54, 1.807) is 19.0 Å². The number of ether oxygens (including phenoxy) is 1. The maximum absolute atomic E-state index is 11.8.